The van der Waals surface area contributed by atoms with Crippen molar-refractivity contribution in [3.63, 3.8) is 0 Å². The summed E-state index contributed by atoms with van der Waals surface area (Å²) in [6.45, 7) is 2.08. The van der Waals surface area contributed by atoms with Gasteiger partial charge in [0.05, 0.1) is 6.61 Å². The molecule has 0 unspecified atom stereocenters. The zero-order valence-corrected chi connectivity index (χ0v) is 9.49. The monoisotopic (exact) mass is 219 g/mol. The number of hydrogen-bond donors (Lipinski definition) is 2. The average molecular weight is 219 g/mol. The third kappa shape index (κ3) is 3.70. The first-order chi connectivity index (χ1) is 7.26. The fourth-order valence-corrected chi connectivity index (χ4v) is 1.72. The van der Waals surface area contributed by atoms with Gasteiger partial charge in [-0.15, -0.1) is 0 Å². The van der Waals surface area contributed by atoms with Gasteiger partial charge in [0.15, 0.2) is 6.29 Å². The predicted molar refractivity (Wildman–Crippen MR) is 55.7 cm³/mol. The van der Waals surface area contributed by atoms with E-state index in [1.54, 1.807) is 14.2 Å². The summed E-state index contributed by atoms with van der Waals surface area (Å²) in [6, 6.07) is 0. The van der Waals surface area contributed by atoms with E-state index in [-0.39, 0.29) is 18.4 Å². The maximum atomic E-state index is 9.40. The summed E-state index contributed by atoms with van der Waals surface area (Å²) in [7, 11) is 3.21. The van der Waals surface area contributed by atoms with E-state index in [0.29, 0.717) is 19.8 Å². The van der Waals surface area contributed by atoms with Gasteiger partial charge in [0.2, 0.25) is 0 Å². The Morgan fingerprint density at radius 2 is 1.93 bits per heavy atom. The Balaban J connectivity index is 2.38. The molecule has 90 valence electrons. The van der Waals surface area contributed by atoms with Crippen LogP contribution in [0.2, 0.25) is 0 Å². The summed E-state index contributed by atoms with van der Waals surface area (Å²) in [5.74, 6) is 0. The molecule has 2 N–H and O–H groups in total. The molecular formula is C10H21NO4. The zero-order chi connectivity index (χ0) is 11.1. The molecule has 0 spiro atoms. The van der Waals surface area contributed by atoms with E-state index in [0.717, 1.165) is 12.8 Å². The van der Waals surface area contributed by atoms with Gasteiger partial charge < -0.3 is 24.6 Å². The van der Waals surface area contributed by atoms with Crippen LogP contribution in [-0.2, 0) is 14.2 Å². The van der Waals surface area contributed by atoms with Crippen LogP contribution in [0.25, 0.3) is 0 Å². The van der Waals surface area contributed by atoms with Gasteiger partial charge in [-0.25, -0.2) is 0 Å². The molecule has 0 bridgehead atoms. The summed E-state index contributed by atoms with van der Waals surface area (Å²) >= 11 is 0. The molecule has 0 aromatic rings. The quantitative estimate of drug-likeness (QED) is 0.603. The highest BCUT2D eigenvalue weighted by Gasteiger charge is 2.31. The SMILES string of the molecule is COC(CNC1(CO)CCOCC1)OC. The van der Waals surface area contributed by atoms with Gasteiger partial charge in [0.1, 0.15) is 0 Å². The van der Waals surface area contributed by atoms with Crippen molar-refractivity contribution < 1.29 is 19.3 Å². The molecule has 0 radical (unpaired) electrons. The Kier molecular flexibility index (Phi) is 5.49. The number of methoxy groups -OCH3 is 2. The normalized spacial score (nSPS) is 20.8. The molecule has 0 amide bonds. The van der Waals surface area contributed by atoms with E-state index in [4.69, 9.17) is 14.2 Å². The molecule has 1 saturated heterocycles. The molecule has 0 atom stereocenters. The molecule has 5 heteroatoms. The number of hydrogen-bond acceptors (Lipinski definition) is 5. The minimum Gasteiger partial charge on any atom is -0.394 e. The summed E-state index contributed by atoms with van der Waals surface area (Å²) in [4.78, 5) is 0. The van der Waals surface area contributed by atoms with Gasteiger partial charge >= 0.3 is 0 Å². The molecule has 0 aromatic carbocycles. The van der Waals surface area contributed by atoms with Crippen LogP contribution in [0.5, 0.6) is 0 Å². The first kappa shape index (κ1) is 12.9. The molecule has 5 nitrogen and oxygen atoms in total. The second-order valence-electron chi connectivity index (χ2n) is 3.83. The Morgan fingerprint density at radius 3 is 2.40 bits per heavy atom. The molecule has 0 aliphatic carbocycles. The fourth-order valence-electron chi connectivity index (χ4n) is 1.72. The van der Waals surface area contributed by atoms with Gasteiger partial charge in [-0.1, -0.05) is 0 Å². The van der Waals surface area contributed by atoms with Crippen molar-refractivity contribution in [1.29, 1.82) is 0 Å². The van der Waals surface area contributed by atoms with Gasteiger partial charge in [-0.05, 0) is 12.8 Å². The molecule has 1 heterocycles. The van der Waals surface area contributed by atoms with E-state index < -0.39 is 0 Å². The average Bonchev–Trinajstić information content (AvgIpc) is 2.31. The molecule has 1 aliphatic heterocycles. The minimum absolute atomic E-state index is 0.122. The Bertz CT molecular complexity index is 167. The van der Waals surface area contributed by atoms with Crippen LogP contribution in [0.4, 0.5) is 0 Å². The molecular weight excluding hydrogens is 198 g/mol. The van der Waals surface area contributed by atoms with Crippen molar-refractivity contribution in [3.8, 4) is 0 Å². The predicted octanol–water partition coefficient (Wildman–Crippen LogP) is -0.264. The van der Waals surface area contributed by atoms with Crippen molar-refractivity contribution in [1.82, 2.24) is 5.32 Å². The topological polar surface area (TPSA) is 60.0 Å². The molecule has 0 aromatic heterocycles. The van der Waals surface area contributed by atoms with Gasteiger partial charge in [0.25, 0.3) is 0 Å². The van der Waals surface area contributed by atoms with Crippen molar-refractivity contribution in [2.45, 2.75) is 24.7 Å². The second-order valence-corrected chi connectivity index (χ2v) is 3.83. The van der Waals surface area contributed by atoms with Crippen LogP contribution in [0.15, 0.2) is 0 Å². The fraction of sp³-hybridized carbons (Fsp3) is 1.00. The van der Waals surface area contributed by atoms with Crippen LogP contribution in [0.3, 0.4) is 0 Å². The third-order valence-electron chi connectivity index (χ3n) is 2.92. The Hall–Kier alpha value is -0.200. The number of aliphatic hydroxyl groups is 1. The highest BCUT2D eigenvalue weighted by Crippen LogP contribution is 2.19. The lowest BCUT2D eigenvalue weighted by Gasteiger charge is -2.37. The van der Waals surface area contributed by atoms with Crippen molar-refractivity contribution in [2.75, 3.05) is 40.6 Å². The second kappa shape index (κ2) is 6.40. The number of aliphatic hydroxyl groups excluding tert-OH is 1. The Labute approximate surface area is 90.7 Å². The lowest BCUT2D eigenvalue weighted by Crippen LogP contribution is -2.54. The van der Waals surface area contributed by atoms with Gasteiger partial charge in [-0.3, -0.25) is 0 Å². The van der Waals surface area contributed by atoms with E-state index in [1.165, 1.54) is 0 Å². The highest BCUT2D eigenvalue weighted by molar-refractivity contribution is 4.89. The van der Waals surface area contributed by atoms with Crippen LogP contribution in [-0.4, -0.2) is 57.5 Å². The molecule has 15 heavy (non-hydrogen) atoms. The summed E-state index contributed by atoms with van der Waals surface area (Å²) in [5.41, 5.74) is -0.229. The van der Waals surface area contributed by atoms with Gasteiger partial charge in [-0.2, -0.15) is 0 Å². The van der Waals surface area contributed by atoms with Crippen LogP contribution in [0.1, 0.15) is 12.8 Å². The van der Waals surface area contributed by atoms with E-state index in [2.05, 4.69) is 5.32 Å². The summed E-state index contributed by atoms with van der Waals surface area (Å²) < 4.78 is 15.4. The maximum absolute atomic E-state index is 9.40. The first-order valence-electron chi connectivity index (χ1n) is 5.25. The van der Waals surface area contributed by atoms with Crippen LogP contribution in [0, 0.1) is 0 Å². The largest absolute Gasteiger partial charge is 0.394 e. The van der Waals surface area contributed by atoms with Crippen LogP contribution < -0.4 is 5.32 Å². The first-order valence-corrected chi connectivity index (χ1v) is 5.25. The molecule has 1 fully saturated rings. The van der Waals surface area contributed by atoms with Crippen molar-refractivity contribution in [2.24, 2.45) is 0 Å². The minimum atomic E-state index is -0.267. The Morgan fingerprint density at radius 1 is 1.33 bits per heavy atom. The van der Waals surface area contributed by atoms with E-state index in [9.17, 15) is 5.11 Å². The third-order valence-corrected chi connectivity index (χ3v) is 2.92. The number of ether oxygens (including phenoxy) is 3. The van der Waals surface area contributed by atoms with Gasteiger partial charge in [0, 0.05) is 39.5 Å². The number of rotatable bonds is 6. The van der Waals surface area contributed by atoms with Crippen molar-refractivity contribution in [3.05, 3.63) is 0 Å². The van der Waals surface area contributed by atoms with E-state index in [1.807, 2.05) is 0 Å². The lowest BCUT2D eigenvalue weighted by atomic mass is 9.91. The summed E-state index contributed by atoms with van der Waals surface area (Å²) in [5, 5.41) is 12.7. The van der Waals surface area contributed by atoms with Crippen molar-refractivity contribution >= 4 is 0 Å². The van der Waals surface area contributed by atoms with Crippen LogP contribution >= 0.6 is 0 Å². The lowest BCUT2D eigenvalue weighted by molar-refractivity contribution is -0.106. The zero-order valence-electron chi connectivity index (χ0n) is 9.49. The van der Waals surface area contributed by atoms with E-state index >= 15 is 0 Å². The highest BCUT2D eigenvalue weighted by atomic mass is 16.7. The summed E-state index contributed by atoms with van der Waals surface area (Å²) in [6.07, 6.45) is 1.38. The maximum Gasteiger partial charge on any atom is 0.169 e. The molecule has 1 aliphatic rings. The standard InChI is InChI=1S/C10H21NO4/c1-13-9(14-2)7-11-10(8-12)3-5-15-6-4-10/h9,11-12H,3-8H2,1-2H3. The molecule has 0 saturated carbocycles. The smallest absolute Gasteiger partial charge is 0.169 e. The molecule has 1 rings (SSSR count). The number of nitrogens with one attached hydrogen (secondary N) is 1.